The zero-order valence-corrected chi connectivity index (χ0v) is 17.0. The Kier molecular flexibility index (Phi) is 7.09. The van der Waals surface area contributed by atoms with Crippen molar-refractivity contribution >= 4 is 11.7 Å². The van der Waals surface area contributed by atoms with Gasteiger partial charge in [-0.1, -0.05) is 37.6 Å². The Morgan fingerprint density at radius 2 is 1.36 bits per heavy atom. The summed E-state index contributed by atoms with van der Waals surface area (Å²) in [5, 5.41) is 0. The van der Waals surface area contributed by atoms with E-state index in [4.69, 9.17) is 0 Å². The maximum absolute atomic E-state index is 14.6. The van der Waals surface area contributed by atoms with Gasteiger partial charge in [0.1, 0.15) is 11.6 Å². The molecule has 0 atom stereocenters. The van der Waals surface area contributed by atoms with Crippen LogP contribution in [0, 0.1) is 17.5 Å². The Balaban J connectivity index is 1.96. The van der Waals surface area contributed by atoms with Crippen LogP contribution in [0.5, 0.6) is 5.75 Å². The third-order valence-electron chi connectivity index (χ3n) is 4.69. The van der Waals surface area contributed by atoms with E-state index in [9.17, 15) is 35.1 Å². The molecule has 1 nitrogen and oxygen atoms in total. The molecule has 0 aromatic heterocycles. The minimum absolute atomic E-state index is 0.0877. The summed E-state index contributed by atoms with van der Waals surface area (Å²) in [6.45, 7) is 2.00. The number of alkyl halides is 3. The van der Waals surface area contributed by atoms with Gasteiger partial charge in [0.25, 0.3) is 0 Å². The van der Waals surface area contributed by atoms with Gasteiger partial charge in [-0.2, -0.15) is 0 Å². The lowest BCUT2D eigenvalue weighted by Crippen LogP contribution is -2.17. The first-order valence-electron chi connectivity index (χ1n) is 9.69. The van der Waals surface area contributed by atoms with E-state index in [0.717, 1.165) is 30.5 Å². The first-order valence-corrected chi connectivity index (χ1v) is 9.69. The van der Waals surface area contributed by atoms with E-state index in [1.807, 2.05) is 6.92 Å². The van der Waals surface area contributed by atoms with Crippen LogP contribution < -0.4 is 4.74 Å². The molecule has 0 bridgehead atoms. The van der Waals surface area contributed by atoms with Crippen molar-refractivity contribution in [1.82, 2.24) is 0 Å². The fourth-order valence-corrected chi connectivity index (χ4v) is 3.18. The number of hydrogen-bond acceptors (Lipinski definition) is 1. The molecule has 0 N–H and O–H groups in total. The first-order chi connectivity index (χ1) is 15.5. The van der Waals surface area contributed by atoms with Gasteiger partial charge < -0.3 is 4.74 Å². The molecule has 174 valence electrons. The number of hydrogen-bond donors (Lipinski definition) is 0. The predicted molar refractivity (Wildman–Crippen MR) is 108 cm³/mol. The maximum Gasteiger partial charge on any atom is 0.573 e. The lowest BCUT2D eigenvalue weighted by atomic mass is 9.99. The molecule has 0 amide bonds. The fraction of sp³-hybridized carbons (Fsp3) is 0.167. The second-order valence-corrected chi connectivity index (χ2v) is 7.08. The van der Waals surface area contributed by atoms with Gasteiger partial charge in [-0.05, 0) is 53.4 Å². The number of rotatable bonds is 6. The fourth-order valence-electron chi connectivity index (χ4n) is 3.18. The van der Waals surface area contributed by atoms with Crippen LogP contribution in [-0.4, -0.2) is 6.36 Å². The summed E-state index contributed by atoms with van der Waals surface area (Å²) in [5.74, 6) is -9.57. The molecule has 0 spiro atoms. The quantitative estimate of drug-likeness (QED) is 0.259. The molecule has 0 fully saturated rings. The van der Waals surface area contributed by atoms with E-state index in [1.165, 1.54) is 0 Å². The normalized spacial score (nSPS) is 12.5. The molecule has 0 unspecified atom stereocenters. The average molecular weight is 472 g/mol. The van der Waals surface area contributed by atoms with E-state index >= 15 is 0 Å². The van der Waals surface area contributed by atoms with E-state index in [1.54, 1.807) is 24.3 Å². The summed E-state index contributed by atoms with van der Waals surface area (Å²) in [6, 6.07) is 9.70. The van der Waals surface area contributed by atoms with Crippen molar-refractivity contribution in [2.75, 3.05) is 0 Å². The molecule has 3 aromatic rings. The van der Waals surface area contributed by atoms with Crippen molar-refractivity contribution in [2.45, 2.75) is 26.1 Å². The van der Waals surface area contributed by atoms with Crippen LogP contribution in [0.15, 0.2) is 54.6 Å². The van der Waals surface area contributed by atoms with Gasteiger partial charge in [0.2, 0.25) is 0 Å². The van der Waals surface area contributed by atoms with E-state index in [2.05, 4.69) is 4.74 Å². The van der Waals surface area contributed by atoms with Crippen molar-refractivity contribution < 1.29 is 39.9 Å². The Labute approximate surface area is 183 Å². The highest BCUT2D eigenvalue weighted by Gasteiger charge is 2.32. The van der Waals surface area contributed by atoms with Crippen LogP contribution in [0.2, 0.25) is 0 Å². The second kappa shape index (κ2) is 9.64. The molecule has 0 aliphatic rings. The van der Waals surface area contributed by atoms with E-state index in [-0.39, 0.29) is 11.6 Å². The minimum atomic E-state index is -5.20. The highest BCUT2D eigenvalue weighted by atomic mass is 19.4. The molecular formula is C24H16F8O. The zero-order valence-electron chi connectivity index (χ0n) is 17.0. The van der Waals surface area contributed by atoms with Gasteiger partial charge in [0.15, 0.2) is 23.2 Å². The van der Waals surface area contributed by atoms with Crippen LogP contribution >= 0.6 is 0 Å². The highest BCUT2D eigenvalue weighted by Crippen LogP contribution is 2.36. The lowest BCUT2D eigenvalue weighted by Gasteiger charge is -2.11. The van der Waals surface area contributed by atoms with Crippen molar-refractivity contribution in [3.05, 3.63) is 88.7 Å². The largest absolute Gasteiger partial charge is 0.573 e. The molecule has 9 heteroatoms. The minimum Gasteiger partial charge on any atom is -0.403 e. The lowest BCUT2D eigenvalue weighted by molar-refractivity contribution is -0.275. The van der Waals surface area contributed by atoms with Gasteiger partial charge in [0, 0.05) is 5.56 Å². The molecule has 0 aliphatic heterocycles. The first kappa shape index (κ1) is 24.3. The van der Waals surface area contributed by atoms with Crippen LogP contribution in [0.25, 0.3) is 22.8 Å². The SMILES string of the molecule is CCCc1ccc(-c2cc(F)c(/C(F)=C(\F)c3ccc(OC(F)(F)F)c(F)c3)c(F)c2)cc1. The third-order valence-corrected chi connectivity index (χ3v) is 4.69. The van der Waals surface area contributed by atoms with Gasteiger partial charge in [-0.25, -0.2) is 22.0 Å². The summed E-state index contributed by atoms with van der Waals surface area (Å²) in [7, 11) is 0. The van der Waals surface area contributed by atoms with Gasteiger partial charge in [-0.3, -0.25) is 0 Å². The molecule has 3 rings (SSSR count). The van der Waals surface area contributed by atoms with Crippen molar-refractivity contribution in [2.24, 2.45) is 0 Å². The van der Waals surface area contributed by atoms with Crippen LogP contribution in [0.4, 0.5) is 35.1 Å². The molecule has 0 radical (unpaired) electrons. The van der Waals surface area contributed by atoms with Crippen LogP contribution in [0.3, 0.4) is 0 Å². The second-order valence-electron chi connectivity index (χ2n) is 7.08. The average Bonchev–Trinajstić information content (AvgIpc) is 2.74. The molecule has 0 saturated carbocycles. The van der Waals surface area contributed by atoms with E-state index < -0.39 is 52.3 Å². The van der Waals surface area contributed by atoms with E-state index in [0.29, 0.717) is 17.7 Å². The summed E-state index contributed by atoms with van der Waals surface area (Å²) in [4.78, 5) is 0. The van der Waals surface area contributed by atoms with Crippen molar-refractivity contribution in [3.8, 4) is 16.9 Å². The van der Waals surface area contributed by atoms with Crippen LogP contribution in [0.1, 0.15) is 30.0 Å². The predicted octanol–water partition coefficient (Wildman–Crippen LogP) is 8.39. The molecule has 0 aliphatic carbocycles. The molecule has 0 saturated heterocycles. The maximum atomic E-state index is 14.6. The molecule has 0 heterocycles. The number of aryl methyl sites for hydroxylation is 1. The van der Waals surface area contributed by atoms with Gasteiger partial charge >= 0.3 is 6.36 Å². The van der Waals surface area contributed by atoms with Gasteiger partial charge in [0.05, 0.1) is 5.56 Å². The summed E-state index contributed by atoms with van der Waals surface area (Å²) >= 11 is 0. The summed E-state index contributed by atoms with van der Waals surface area (Å²) < 4.78 is 112. The van der Waals surface area contributed by atoms with Crippen molar-refractivity contribution in [3.63, 3.8) is 0 Å². The Morgan fingerprint density at radius 3 is 1.88 bits per heavy atom. The highest BCUT2D eigenvalue weighted by molar-refractivity contribution is 5.84. The molecular weight excluding hydrogens is 456 g/mol. The zero-order chi connectivity index (χ0) is 24.3. The standard InChI is InChI=1S/C24H16F8O/c1-2-3-13-4-6-14(7-5-13)16-11-18(26)21(19(27)12-16)23(29)22(28)15-8-9-20(17(25)10-15)33-24(30,31)32/h4-12H,2-3H2,1H3/b23-22+. The molecule has 3 aromatic carbocycles. The Bertz CT molecular complexity index is 1160. The Morgan fingerprint density at radius 1 is 0.758 bits per heavy atom. The van der Waals surface area contributed by atoms with Crippen molar-refractivity contribution in [1.29, 1.82) is 0 Å². The Hall–Kier alpha value is -3.36. The monoisotopic (exact) mass is 472 g/mol. The molecule has 33 heavy (non-hydrogen) atoms. The number of benzene rings is 3. The topological polar surface area (TPSA) is 9.23 Å². The smallest absolute Gasteiger partial charge is 0.403 e. The summed E-state index contributed by atoms with van der Waals surface area (Å²) in [6.07, 6.45) is -3.47. The third kappa shape index (κ3) is 5.71. The van der Waals surface area contributed by atoms with Gasteiger partial charge in [-0.15, -0.1) is 13.2 Å². The summed E-state index contributed by atoms with van der Waals surface area (Å²) in [5.41, 5.74) is -0.631. The van der Waals surface area contributed by atoms with Crippen LogP contribution in [-0.2, 0) is 6.42 Å². The number of halogens is 8. The number of ether oxygens (including phenoxy) is 1.